The normalized spacial score (nSPS) is 29.8. The zero-order valence-corrected chi connectivity index (χ0v) is 21.5. The Balaban J connectivity index is 1.84. The fraction of sp³-hybridized carbons (Fsp3) is 0.577. The molecule has 0 saturated heterocycles. The van der Waals surface area contributed by atoms with Crippen LogP contribution >= 0.6 is 15.9 Å². The van der Waals surface area contributed by atoms with Crippen molar-refractivity contribution in [3.05, 3.63) is 46.0 Å². The zero-order valence-electron chi connectivity index (χ0n) is 19.9. The third-order valence-electron chi connectivity index (χ3n) is 7.28. The lowest BCUT2D eigenvalue weighted by Crippen LogP contribution is -2.53. The second-order valence-electron chi connectivity index (χ2n) is 9.55. The molecule has 2 aliphatic rings. The summed E-state index contributed by atoms with van der Waals surface area (Å²) in [5.41, 5.74) is 1.46. The molecule has 1 aromatic rings. The third kappa shape index (κ3) is 5.68. The van der Waals surface area contributed by atoms with Crippen molar-refractivity contribution in [1.29, 1.82) is 0 Å². The fourth-order valence-electron chi connectivity index (χ4n) is 5.72. The predicted molar refractivity (Wildman–Crippen MR) is 127 cm³/mol. The Morgan fingerprint density at radius 3 is 2.36 bits per heavy atom. The predicted octanol–water partition coefficient (Wildman–Crippen LogP) is 5.49. The Kier molecular flexibility index (Phi) is 8.04. The van der Waals surface area contributed by atoms with Crippen LogP contribution in [0.25, 0.3) is 0 Å². The van der Waals surface area contributed by atoms with Crippen LogP contribution in [-0.2, 0) is 23.8 Å². The second kappa shape index (κ2) is 10.4. The van der Waals surface area contributed by atoms with Gasteiger partial charge in [0.1, 0.15) is 12.2 Å². The van der Waals surface area contributed by atoms with Crippen LogP contribution in [0.1, 0.15) is 64.2 Å². The second-order valence-corrected chi connectivity index (χ2v) is 10.5. The van der Waals surface area contributed by atoms with Gasteiger partial charge in [-0.1, -0.05) is 42.3 Å². The number of fused-ring (bicyclic) bond motifs is 1. The Hall–Kier alpha value is -2.15. The first kappa shape index (κ1) is 25.5. The van der Waals surface area contributed by atoms with Gasteiger partial charge in [0, 0.05) is 24.2 Å². The molecule has 0 bridgehead atoms. The van der Waals surface area contributed by atoms with Crippen molar-refractivity contribution in [3.8, 4) is 0 Å². The molecule has 0 aliphatic heterocycles. The number of hydrogen-bond donors (Lipinski definition) is 0. The minimum absolute atomic E-state index is 0.0348. The summed E-state index contributed by atoms with van der Waals surface area (Å²) in [7, 11) is 0. The van der Waals surface area contributed by atoms with E-state index < -0.39 is 0 Å². The molecule has 180 valence electrons. The maximum Gasteiger partial charge on any atom is 0.338 e. The van der Waals surface area contributed by atoms with Gasteiger partial charge < -0.3 is 14.2 Å². The van der Waals surface area contributed by atoms with Crippen molar-refractivity contribution >= 4 is 33.8 Å². The summed E-state index contributed by atoms with van der Waals surface area (Å²) in [6.45, 7) is 9.51. The summed E-state index contributed by atoms with van der Waals surface area (Å²) >= 11 is 3.37. The molecule has 0 amide bonds. The van der Waals surface area contributed by atoms with Gasteiger partial charge in [0.25, 0.3) is 0 Å². The molecule has 0 N–H and O–H groups in total. The van der Waals surface area contributed by atoms with Gasteiger partial charge in [0.05, 0.1) is 12.2 Å². The minimum atomic E-state index is -0.373. The van der Waals surface area contributed by atoms with Crippen LogP contribution in [0.4, 0.5) is 0 Å². The molecule has 0 radical (unpaired) electrons. The highest BCUT2D eigenvalue weighted by atomic mass is 79.9. The van der Waals surface area contributed by atoms with Crippen LogP contribution in [-0.4, -0.2) is 36.7 Å². The fourth-order valence-corrected chi connectivity index (χ4v) is 5.98. The highest BCUT2D eigenvalue weighted by Crippen LogP contribution is 2.57. The smallest absolute Gasteiger partial charge is 0.338 e. The summed E-state index contributed by atoms with van der Waals surface area (Å²) in [5.74, 6) is -0.855. The van der Waals surface area contributed by atoms with E-state index in [-0.39, 0.29) is 59.9 Å². The first-order chi connectivity index (χ1) is 15.5. The van der Waals surface area contributed by atoms with Crippen LogP contribution in [0.15, 0.2) is 40.4 Å². The highest BCUT2D eigenvalue weighted by molar-refractivity contribution is 9.10. The molecular weight excluding hydrogens is 488 g/mol. The molecule has 7 heteroatoms. The van der Waals surface area contributed by atoms with Crippen molar-refractivity contribution in [2.45, 2.75) is 66.1 Å². The van der Waals surface area contributed by atoms with Gasteiger partial charge in [-0.25, -0.2) is 4.79 Å². The molecule has 1 saturated carbocycles. The van der Waals surface area contributed by atoms with E-state index in [0.29, 0.717) is 18.4 Å². The van der Waals surface area contributed by atoms with Gasteiger partial charge in [-0.3, -0.25) is 9.59 Å². The Bertz CT molecular complexity index is 923. The van der Waals surface area contributed by atoms with E-state index in [1.807, 2.05) is 0 Å². The lowest BCUT2D eigenvalue weighted by Gasteiger charge is -2.55. The number of benzene rings is 1. The molecule has 0 aromatic heterocycles. The number of carbonyl (C=O) groups is 3. The summed E-state index contributed by atoms with van der Waals surface area (Å²) < 4.78 is 17.9. The van der Waals surface area contributed by atoms with Gasteiger partial charge in [-0.05, 0) is 66.9 Å². The number of esters is 3. The van der Waals surface area contributed by atoms with Crippen LogP contribution in [0.5, 0.6) is 0 Å². The van der Waals surface area contributed by atoms with E-state index in [9.17, 15) is 14.4 Å². The summed E-state index contributed by atoms with van der Waals surface area (Å²) in [6.07, 6.45) is 3.75. The summed E-state index contributed by atoms with van der Waals surface area (Å²) in [4.78, 5) is 36.0. The highest BCUT2D eigenvalue weighted by Gasteiger charge is 2.54. The number of carbonyl (C=O) groups excluding carboxylic acids is 3. The SMILES string of the molecule is CC(=O)OC1C=C2CCC(OC(C)=O)C(C(C)COC(=O)c3ccc(Br)cc3)C2(C)C(C)C1. The molecule has 6 nitrogen and oxygen atoms in total. The molecule has 0 heterocycles. The van der Waals surface area contributed by atoms with Gasteiger partial charge in [-0.2, -0.15) is 0 Å². The van der Waals surface area contributed by atoms with E-state index in [0.717, 1.165) is 10.9 Å². The van der Waals surface area contributed by atoms with E-state index in [4.69, 9.17) is 14.2 Å². The maximum atomic E-state index is 12.6. The monoisotopic (exact) mass is 520 g/mol. The first-order valence-electron chi connectivity index (χ1n) is 11.5. The minimum Gasteiger partial charge on any atom is -0.462 e. The zero-order chi connectivity index (χ0) is 24.3. The van der Waals surface area contributed by atoms with Crippen LogP contribution in [0.3, 0.4) is 0 Å². The molecule has 1 fully saturated rings. The van der Waals surface area contributed by atoms with Gasteiger partial charge >= 0.3 is 17.9 Å². The topological polar surface area (TPSA) is 78.9 Å². The van der Waals surface area contributed by atoms with Gasteiger partial charge in [-0.15, -0.1) is 0 Å². The molecule has 2 aliphatic carbocycles. The largest absolute Gasteiger partial charge is 0.462 e. The average Bonchev–Trinajstić information content (AvgIpc) is 2.72. The third-order valence-corrected chi connectivity index (χ3v) is 7.81. The van der Waals surface area contributed by atoms with Crippen LogP contribution in [0, 0.1) is 23.2 Å². The van der Waals surface area contributed by atoms with Crippen molar-refractivity contribution in [1.82, 2.24) is 0 Å². The van der Waals surface area contributed by atoms with Crippen molar-refractivity contribution in [2.24, 2.45) is 23.2 Å². The Morgan fingerprint density at radius 1 is 1.12 bits per heavy atom. The molecule has 6 atom stereocenters. The molecule has 0 spiro atoms. The maximum absolute atomic E-state index is 12.6. The Labute approximate surface area is 204 Å². The van der Waals surface area contributed by atoms with E-state index in [2.05, 4.69) is 42.8 Å². The summed E-state index contributed by atoms with van der Waals surface area (Å²) in [5, 5.41) is 0. The standard InChI is InChI=1S/C26H33BrO6/c1-15(14-31-25(30)19-6-9-21(27)10-7-19)24-23(33-18(4)29)11-8-20-13-22(32-17(3)28)12-16(2)26(20,24)5/h6-7,9-10,13,15-16,22-24H,8,11-12,14H2,1-5H3. The number of rotatable bonds is 6. The molecule has 6 unspecified atom stereocenters. The Morgan fingerprint density at radius 2 is 1.76 bits per heavy atom. The molecular formula is C26H33BrO6. The quantitative estimate of drug-likeness (QED) is 0.280. The summed E-state index contributed by atoms with van der Waals surface area (Å²) in [6, 6.07) is 7.05. The van der Waals surface area contributed by atoms with Crippen LogP contribution < -0.4 is 0 Å². The van der Waals surface area contributed by atoms with E-state index >= 15 is 0 Å². The van der Waals surface area contributed by atoms with Gasteiger partial charge in [0.2, 0.25) is 0 Å². The van der Waals surface area contributed by atoms with E-state index in [1.165, 1.54) is 19.4 Å². The van der Waals surface area contributed by atoms with Crippen molar-refractivity contribution in [2.75, 3.05) is 6.61 Å². The van der Waals surface area contributed by atoms with Gasteiger partial charge in [0.15, 0.2) is 0 Å². The van der Waals surface area contributed by atoms with Crippen LogP contribution in [0.2, 0.25) is 0 Å². The molecule has 33 heavy (non-hydrogen) atoms. The lowest BCUT2D eigenvalue weighted by molar-refractivity contribution is -0.161. The lowest BCUT2D eigenvalue weighted by atomic mass is 9.52. The molecule has 1 aromatic carbocycles. The number of halogens is 1. The van der Waals surface area contributed by atoms with Crippen molar-refractivity contribution < 1.29 is 28.6 Å². The number of allylic oxidation sites excluding steroid dienone is 1. The molecule has 3 rings (SSSR count). The number of hydrogen-bond acceptors (Lipinski definition) is 6. The van der Waals surface area contributed by atoms with Crippen molar-refractivity contribution in [3.63, 3.8) is 0 Å². The number of ether oxygens (including phenoxy) is 3. The average molecular weight is 521 g/mol. The first-order valence-corrected chi connectivity index (χ1v) is 12.3. The van der Waals surface area contributed by atoms with E-state index in [1.54, 1.807) is 24.3 Å².